The van der Waals surface area contributed by atoms with Crippen LogP contribution in [0.5, 0.6) is 11.8 Å². The SMILES string of the molecule is CC(c1ccc2c(c1)OCC2)N1CCC(Oc2ncc(S(C)(=O)=O)cn2)CC1. The molecule has 1 atom stereocenters. The van der Waals surface area contributed by atoms with Crippen LogP contribution in [-0.2, 0) is 16.3 Å². The van der Waals surface area contributed by atoms with E-state index < -0.39 is 9.84 Å². The van der Waals surface area contributed by atoms with Crippen LogP contribution in [0.15, 0.2) is 35.5 Å². The minimum absolute atomic E-state index is 0.0379. The molecule has 2 aliphatic rings. The average molecular weight is 404 g/mol. The quantitative estimate of drug-likeness (QED) is 0.758. The summed E-state index contributed by atoms with van der Waals surface area (Å²) in [6.07, 6.45) is 6.52. The fourth-order valence-electron chi connectivity index (χ4n) is 3.74. The van der Waals surface area contributed by atoms with Crippen molar-refractivity contribution < 1.29 is 17.9 Å². The van der Waals surface area contributed by atoms with Gasteiger partial charge in [-0.2, -0.15) is 0 Å². The minimum atomic E-state index is -3.30. The van der Waals surface area contributed by atoms with E-state index in [9.17, 15) is 8.42 Å². The predicted octanol–water partition coefficient (Wildman–Crippen LogP) is 2.42. The Balaban J connectivity index is 1.33. The maximum atomic E-state index is 11.5. The van der Waals surface area contributed by atoms with E-state index in [1.807, 2.05) is 0 Å². The van der Waals surface area contributed by atoms with Crippen molar-refractivity contribution in [3.8, 4) is 11.8 Å². The van der Waals surface area contributed by atoms with Crippen LogP contribution in [0.25, 0.3) is 0 Å². The molecule has 0 saturated carbocycles. The minimum Gasteiger partial charge on any atom is -0.493 e. The van der Waals surface area contributed by atoms with Crippen LogP contribution in [-0.4, -0.2) is 55.3 Å². The van der Waals surface area contributed by atoms with Gasteiger partial charge < -0.3 is 9.47 Å². The fourth-order valence-corrected chi connectivity index (χ4v) is 4.23. The van der Waals surface area contributed by atoms with Gasteiger partial charge in [0, 0.05) is 31.8 Å². The summed E-state index contributed by atoms with van der Waals surface area (Å²) < 4.78 is 34.5. The molecule has 8 heteroatoms. The van der Waals surface area contributed by atoms with E-state index in [1.54, 1.807) is 0 Å². The molecular weight excluding hydrogens is 378 g/mol. The lowest BCUT2D eigenvalue weighted by atomic mass is 10.00. The number of benzene rings is 1. The Kier molecular flexibility index (Phi) is 5.25. The monoisotopic (exact) mass is 403 g/mol. The number of aromatic nitrogens is 2. The van der Waals surface area contributed by atoms with Crippen LogP contribution in [0.4, 0.5) is 0 Å². The second kappa shape index (κ2) is 7.67. The molecule has 3 heterocycles. The van der Waals surface area contributed by atoms with Gasteiger partial charge in [0.25, 0.3) is 0 Å². The normalized spacial score (nSPS) is 19.1. The Bertz CT molecular complexity index is 938. The molecule has 1 unspecified atom stereocenters. The molecule has 7 nitrogen and oxygen atoms in total. The zero-order valence-corrected chi connectivity index (χ0v) is 17.0. The number of hydrogen-bond acceptors (Lipinski definition) is 7. The first-order chi connectivity index (χ1) is 13.4. The third kappa shape index (κ3) is 4.12. The van der Waals surface area contributed by atoms with Gasteiger partial charge in [0.05, 0.1) is 19.0 Å². The van der Waals surface area contributed by atoms with Crippen molar-refractivity contribution in [2.24, 2.45) is 0 Å². The first kappa shape index (κ1) is 19.1. The Hall–Kier alpha value is -2.19. The van der Waals surface area contributed by atoms with E-state index in [2.05, 4.69) is 40.0 Å². The van der Waals surface area contributed by atoms with Crippen molar-refractivity contribution in [1.82, 2.24) is 14.9 Å². The molecule has 0 amide bonds. The van der Waals surface area contributed by atoms with E-state index in [0.29, 0.717) is 6.04 Å². The maximum absolute atomic E-state index is 11.5. The molecular formula is C20H25N3O4S. The lowest BCUT2D eigenvalue weighted by Crippen LogP contribution is -2.39. The summed E-state index contributed by atoms with van der Waals surface area (Å²) in [6, 6.07) is 7.11. The van der Waals surface area contributed by atoms with E-state index in [1.165, 1.54) is 23.5 Å². The van der Waals surface area contributed by atoms with Crippen LogP contribution >= 0.6 is 0 Å². The fraction of sp³-hybridized carbons (Fsp3) is 0.500. The first-order valence-electron chi connectivity index (χ1n) is 9.58. The van der Waals surface area contributed by atoms with Crippen molar-refractivity contribution in [1.29, 1.82) is 0 Å². The Morgan fingerprint density at radius 2 is 1.93 bits per heavy atom. The Morgan fingerprint density at radius 1 is 1.21 bits per heavy atom. The third-order valence-corrected chi connectivity index (χ3v) is 6.60. The zero-order valence-electron chi connectivity index (χ0n) is 16.2. The summed E-state index contributed by atoms with van der Waals surface area (Å²) in [6.45, 7) is 4.85. The van der Waals surface area contributed by atoms with Gasteiger partial charge in [0.2, 0.25) is 0 Å². The molecule has 0 aliphatic carbocycles. The number of ether oxygens (including phenoxy) is 2. The largest absolute Gasteiger partial charge is 0.493 e. The topological polar surface area (TPSA) is 81.6 Å². The van der Waals surface area contributed by atoms with E-state index in [0.717, 1.165) is 51.0 Å². The second-order valence-electron chi connectivity index (χ2n) is 7.47. The van der Waals surface area contributed by atoms with Crippen LogP contribution < -0.4 is 9.47 Å². The van der Waals surface area contributed by atoms with E-state index >= 15 is 0 Å². The molecule has 1 saturated heterocycles. The summed E-state index contributed by atoms with van der Waals surface area (Å²) in [5, 5.41) is 0. The molecule has 0 N–H and O–H groups in total. The highest BCUT2D eigenvalue weighted by molar-refractivity contribution is 7.90. The van der Waals surface area contributed by atoms with Crippen LogP contribution in [0.1, 0.15) is 36.9 Å². The summed E-state index contributed by atoms with van der Waals surface area (Å²) in [5.41, 5.74) is 2.57. The lowest BCUT2D eigenvalue weighted by Gasteiger charge is -2.36. The highest BCUT2D eigenvalue weighted by Crippen LogP contribution is 2.32. The molecule has 2 aliphatic heterocycles. The zero-order chi connectivity index (χ0) is 19.7. The highest BCUT2D eigenvalue weighted by atomic mass is 32.2. The lowest BCUT2D eigenvalue weighted by molar-refractivity contribution is 0.0734. The van der Waals surface area contributed by atoms with Gasteiger partial charge in [-0.25, -0.2) is 18.4 Å². The smallest absolute Gasteiger partial charge is 0.316 e. The van der Waals surface area contributed by atoms with Gasteiger partial charge >= 0.3 is 6.01 Å². The number of sulfone groups is 1. The van der Waals surface area contributed by atoms with Gasteiger partial charge in [-0.05, 0) is 37.0 Å². The van der Waals surface area contributed by atoms with Gasteiger partial charge in [0.15, 0.2) is 9.84 Å². The number of hydrogen-bond donors (Lipinski definition) is 0. The third-order valence-electron chi connectivity index (χ3n) is 5.53. The van der Waals surface area contributed by atoms with E-state index in [4.69, 9.17) is 9.47 Å². The molecule has 150 valence electrons. The summed E-state index contributed by atoms with van der Waals surface area (Å²) in [5.74, 6) is 1.03. The predicted molar refractivity (Wildman–Crippen MR) is 104 cm³/mol. The molecule has 1 aromatic heterocycles. The molecule has 0 spiro atoms. The summed E-state index contributed by atoms with van der Waals surface area (Å²) in [7, 11) is -3.30. The molecule has 4 rings (SSSR count). The van der Waals surface area contributed by atoms with Gasteiger partial charge in [-0.1, -0.05) is 12.1 Å². The molecule has 0 bridgehead atoms. The highest BCUT2D eigenvalue weighted by Gasteiger charge is 2.26. The molecule has 28 heavy (non-hydrogen) atoms. The maximum Gasteiger partial charge on any atom is 0.316 e. The van der Waals surface area contributed by atoms with Crippen LogP contribution in [0.2, 0.25) is 0 Å². The Morgan fingerprint density at radius 3 is 2.61 bits per heavy atom. The number of likely N-dealkylation sites (tertiary alicyclic amines) is 1. The van der Waals surface area contributed by atoms with E-state index in [-0.39, 0.29) is 17.0 Å². The number of nitrogens with zero attached hydrogens (tertiary/aromatic N) is 3. The van der Waals surface area contributed by atoms with Gasteiger partial charge in [-0.3, -0.25) is 4.90 Å². The molecule has 0 radical (unpaired) electrons. The molecule has 1 aromatic carbocycles. The van der Waals surface area contributed by atoms with Crippen molar-refractivity contribution in [2.45, 2.75) is 43.2 Å². The summed E-state index contributed by atoms with van der Waals surface area (Å²) >= 11 is 0. The van der Waals surface area contributed by atoms with Crippen molar-refractivity contribution in [3.63, 3.8) is 0 Å². The standard InChI is InChI=1S/C20H25N3O4S/c1-14(16-4-3-15-7-10-26-19(15)11-16)23-8-5-17(6-9-23)27-20-21-12-18(13-22-20)28(2,24)25/h3-4,11-14,17H,5-10H2,1-2H3. The summed E-state index contributed by atoms with van der Waals surface area (Å²) in [4.78, 5) is 10.6. The average Bonchev–Trinajstić information content (AvgIpc) is 3.15. The first-order valence-corrected chi connectivity index (χ1v) is 11.5. The molecule has 1 fully saturated rings. The van der Waals surface area contributed by atoms with Gasteiger partial charge in [-0.15, -0.1) is 0 Å². The van der Waals surface area contributed by atoms with Crippen molar-refractivity contribution in [3.05, 3.63) is 41.7 Å². The number of piperidine rings is 1. The van der Waals surface area contributed by atoms with Crippen LogP contribution in [0.3, 0.4) is 0 Å². The second-order valence-corrected chi connectivity index (χ2v) is 9.48. The van der Waals surface area contributed by atoms with Crippen molar-refractivity contribution in [2.75, 3.05) is 26.0 Å². The Labute approximate surface area is 165 Å². The number of rotatable bonds is 5. The van der Waals surface area contributed by atoms with Gasteiger partial charge in [0.1, 0.15) is 16.7 Å². The van der Waals surface area contributed by atoms with Crippen molar-refractivity contribution >= 4 is 9.84 Å². The number of fused-ring (bicyclic) bond motifs is 1. The van der Waals surface area contributed by atoms with Crippen LogP contribution in [0, 0.1) is 0 Å². The molecule has 2 aromatic rings.